The quantitative estimate of drug-likeness (QED) is 0.764. The maximum Gasteiger partial charge on any atom is 0.165 e. The summed E-state index contributed by atoms with van der Waals surface area (Å²) in [7, 11) is 0. The Bertz CT molecular complexity index is 373. The Hall–Kier alpha value is -0.700. The van der Waals surface area contributed by atoms with E-state index in [1.165, 1.54) is 12.8 Å². The van der Waals surface area contributed by atoms with Crippen LogP contribution in [0.4, 0.5) is 0 Å². The molecule has 1 spiro atoms. The largest absolute Gasteiger partial charge is 0.505 e. The number of allylic oxidation sites excluding steroid dienone is 2. The Morgan fingerprint density at radius 2 is 2.12 bits per heavy atom. The van der Waals surface area contributed by atoms with Crippen LogP contribution in [-0.2, 0) is 4.74 Å². The molecule has 0 bridgehead atoms. The zero-order chi connectivity index (χ0) is 11.8. The van der Waals surface area contributed by atoms with Crippen LogP contribution >= 0.6 is 15.9 Å². The topological polar surface area (TPSA) is 29.5 Å². The Kier molecular flexibility index (Phi) is 3.15. The lowest BCUT2D eigenvalue weighted by Crippen LogP contribution is -2.23. The van der Waals surface area contributed by atoms with E-state index in [-0.39, 0.29) is 11.4 Å². The highest BCUT2D eigenvalue weighted by molar-refractivity contribution is 9.12. The van der Waals surface area contributed by atoms with Gasteiger partial charge in [0.1, 0.15) is 5.60 Å². The molecule has 88 valence electrons. The van der Waals surface area contributed by atoms with Crippen molar-refractivity contribution < 1.29 is 9.84 Å². The molecule has 0 aromatic carbocycles. The van der Waals surface area contributed by atoms with Crippen molar-refractivity contribution in [3.63, 3.8) is 0 Å². The molecular formula is C13H17BrO2. The Morgan fingerprint density at radius 1 is 1.50 bits per heavy atom. The number of ether oxygens (including phenoxy) is 1. The highest BCUT2D eigenvalue weighted by Crippen LogP contribution is 2.49. The minimum absolute atomic E-state index is 0.0394. The molecular weight excluding hydrogens is 268 g/mol. The molecule has 0 unspecified atom stereocenters. The van der Waals surface area contributed by atoms with Crippen LogP contribution in [0, 0.1) is 0 Å². The van der Waals surface area contributed by atoms with Gasteiger partial charge in [-0.25, -0.2) is 0 Å². The molecule has 2 nitrogen and oxygen atoms in total. The minimum atomic E-state index is -0.0711. The molecule has 16 heavy (non-hydrogen) atoms. The van der Waals surface area contributed by atoms with Crippen LogP contribution in [0.1, 0.15) is 39.0 Å². The minimum Gasteiger partial charge on any atom is -0.505 e. The molecule has 0 amide bonds. The lowest BCUT2D eigenvalue weighted by Gasteiger charge is -2.23. The van der Waals surface area contributed by atoms with Crippen molar-refractivity contribution in [3.8, 4) is 0 Å². The summed E-state index contributed by atoms with van der Waals surface area (Å²) in [6, 6.07) is 0. The fourth-order valence-electron chi connectivity index (χ4n) is 2.62. The first kappa shape index (κ1) is 11.8. The van der Waals surface area contributed by atoms with Gasteiger partial charge in [0.25, 0.3) is 0 Å². The van der Waals surface area contributed by atoms with Crippen LogP contribution in [-0.4, -0.2) is 10.7 Å². The van der Waals surface area contributed by atoms with E-state index in [0.717, 1.165) is 29.3 Å². The molecule has 0 atom stereocenters. The zero-order valence-electron chi connectivity index (χ0n) is 9.55. The number of hydrogen-bond acceptors (Lipinski definition) is 2. The van der Waals surface area contributed by atoms with Gasteiger partial charge in [0, 0.05) is 16.5 Å². The molecule has 0 aromatic heterocycles. The summed E-state index contributed by atoms with van der Waals surface area (Å²) in [6.07, 6.45) is 7.45. The van der Waals surface area contributed by atoms with Crippen molar-refractivity contribution >= 4 is 15.9 Å². The van der Waals surface area contributed by atoms with Gasteiger partial charge in [-0.05, 0) is 32.6 Å². The van der Waals surface area contributed by atoms with E-state index in [1.807, 2.05) is 13.0 Å². The fraction of sp³-hybridized carbons (Fsp3) is 0.538. The van der Waals surface area contributed by atoms with E-state index in [1.54, 1.807) is 0 Å². The predicted octanol–water partition coefficient (Wildman–Crippen LogP) is 4.34. The summed E-state index contributed by atoms with van der Waals surface area (Å²) in [5, 5.41) is 9.59. The zero-order valence-corrected chi connectivity index (χ0v) is 11.1. The van der Waals surface area contributed by atoms with Crippen LogP contribution in [0.5, 0.6) is 0 Å². The summed E-state index contributed by atoms with van der Waals surface area (Å²) in [6.45, 7) is 5.55. The molecule has 1 aliphatic heterocycles. The highest BCUT2D eigenvalue weighted by atomic mass is 79.9. The second-order valence-corrected chi connectivity index (χ2v) is 5.41. The third kappa shape index (κ3) is 1.93. The van der Waals surface area contributed by atoms with Crippen LogP contribution in [0.3, 0.4) is 0 Å². The molecule has 1 aliphatic carbocycles. The SMILES string of the molecule is C=C(O)C1=C(/C(Br)=C\C)CC2(CCCC2)O1. The normalized spacial score (nSPS) is 24.0. The monoisotopic (exact) mass is 284 g/mol. The van der Waals surface area contributed by atoms with Gasteiger partial charge in [0.05, 0.1) is 0 Å². The number of aliphatic hydroxyl groups is 1. The summed E-state index contributed by atoms with van der Waals surface area (Å²) < 4.78 is 6.97. The molecule has 3 heteroatoms. The summed E-state index contributed by atoms with van der Waals surface area (Å²) in [4.78, 5) is 0. The van der Waals surface area contributed by atoms with Crippen molar-refractivity contribution in [1.29, 1.82) is 0 Å². The number of halogens is 1. The highest BCUT2D eigenvalue weighted by Gasteiger charge is 2.44. The predicted molar refractivity (Wildman–Crippen MR) is 68.4 cm³/mol. The van der Waals surface area contributed by atoms with E-state index >= 15 is 0 Å². The van der Waals surface area contributed by atoms with Gasteiger partial charge in [-0.15, -0.1) is 0 Å². The lowest BCUT2D eigenvalue weighted by molar-refractivity contribution is 0.0294. The lowest BCUT2D eigenvalue weighted by atomic mass is 9.94. The summed E-state index contributed by atoms with van der Waals surface area (Å²) in [5.74, 6) is 0.615. The van der Waals surface area contributed by atoms with E-state index in [2.05, 4.69) is 22.5 Å². The van der Waals surface area contributed by atoms with Gasteiger partial charge in [-0.3, -0.25) is 0 Å². The van der Waals surface area contributed by atoms with E-state index in [9.17, 15) is 5.11 Å². The molecule has 2 aliphatic rings. The fourth-order valence-corrected chi connectivity index (χ4v) is 2.94. The molecule has 1 N–H and O–H groups in total. The van der Waals surface area contributed by atoms with Crippen molar-refractivity contribution in [3.05, 3.63) is 34.2 Å². The molecule has 1 fully saturated rings. The molecule has 2 rings (SSSR count). The van der Waals surface area contributed by atoms with Gasteiger partial charge < -0.3 is 9.84 Å². The smallest absolute Gasteiger partial charge is 0.165 e. The summed E-state index contributed by atoms with van der Waals surface area (Å²) in [5.41, 5.74) is 0.982. The number of hydrogen-bond donors (Lipinski definition) is 1. The Labute approximate surface area is 105 Å². The number of aliphatic hydroxyl groups excluding tert-OH is 1. The van der Waals surface area contributed by atoms with Crippen molar-refractivity contribution in [2.24, 2.45) is 0 Å². The average Bonchev–Trinajstić information content (AvgIpc) is 2.86. The molecule has 0 radical (unpaired) electrons. The van der Waals surface area contributed by atoms with E-state index < -0.39 is 0 Å². The van der Waals surface area contributed by atoms with Crippen LogP contribution in [0.25, 0.3) is 0 Å². The maximum absolute atomic E-state index is 9.59. The van der Waals surface area contributed by atoms with E-state index in [0.29, 0.717) is 5.76 Å². The third-order valence-electron chi connectivity index (χ3n) is 3.41. The summed E-state index contributed by atoms with van der Waals surface area (Å²) >= 11 is 3.51. The van der Waals surface area contributed by atoms with Gasteiger partial charge in [0.2, 0.25) is 0 Å². The standard InChI is InChI=1S/C13H17BrO2/c1-3-11(14)10-8-13(6-4-5-7-13)16-12(10)9(2)15/h3,15H,2,4-8H2,1H3/b11-3+. The second-order valence-electron chi connectivity index (χ2n) is 4.56. The van der Waals surface area contributed by atoms with Crippen molar-refractivity contribution in [1.82, 2.24) is 0 Å². The first-order valence-electron chi connectivity index (χ1n) is 5.70. The molecule has 0 saturated heterocycles. The average molecular weight is 285 g/mol. The molecule has 1 saturated carbocycles. The van der Waals surface area contributed by atoms with Gasteiger partial charge >= 0.3 is 0 Å². The van der Waals surface area contributed by atoms with Crippen molar-refractivity contribution in [2.45, 2.75) is 44.6 Å². The van der Waals surface area contributed by atoms with Crippen LogP contribution < -0.4 is 0 Å². The van der Waals surface area contributed by atoms with Gasteiger partial charge in [-0.2, -0.15) is 0 Å². The van der Waals surface area contributed by atoms with Gasteiger partial charge in [-0.1, -0.05) is 28.6 Å². The van der Waals surface area contributed by atoms with E-state index in [4.69, 9.17) is 4.74 Å². The number of rotatable bonds is 2. The first-order valence-corrected chi connectivity index (χ1v) is 6.50. The third-order valence-corrected chi connectivity index (χ3v) is 4.35. The van der Waals surface area contributed by atoms with Crippen molar-refractivity contribution in [2.75, 3.05) is 0 Å². The molecule has 0 aromatic rings. The molecule has 1 heterocycles. The maximum atomic E-state index is 9.59. The van der Waals surface area contributed by atoms with Crippen LogP contribution in [0.15, 0.2) is 34.2 Å². The Morgan fingerprint density at radius 3 is 2.62 bits per heavy atom. The second kappa shape index (κ2) is 4.28. The first-order chi connectivity index (χ1) is 7.58. The van der Waals surface area contributed by atoms with Crippen LogP contribution in [0.2, 0.25) is 0 Å². The Balaban J connectivity index is 2.30. The van der Waals surface area contributed by atoms with Gasteiger partial charge in [0.15, 0.2) is 11.5 Å².